The molecule has 0 aromatic carbocycles. The topological polar surface area (TPSA) is 34.0 Å². The van der Waals surface area contributed by atoms with Gasteiger partial charge in [0.05, 0.1) is 0 Å². The first-order chi connectivity index (χ1) is 8.75. The minimum atomic E-state index is 0.986. The van der Waals surface area contributed by atoms with Crippen LogP contribution in [-0.2, 0) is 0 Å². The minimum absolute atomic E-state index is 0.986. The Balaban J connectivity index is 1.87. The van der Waals surface area contributed by atoms with E-state index in [4.69, 9.17) is 4.98 Å². The van der Waals surface area contributed by atoms with Gasteiger partial charge in [0.2, 0.25) is 0 Å². The molecule has 0 unspecified atom stereocenters. The van der Waals surface area contributed by atoms with Crippen molar-refractivity contribution in [2.24, 2.45) is 0 Å². The van der Waals surface area contributed by atoms with Crippen LogP contribution < -0.4 is 4.90 Å². The molecular formula is C11H12I2N4S. The third-order valence-corrected chi connectivity index (χ3v) is 6.76. The molecule has 0 saturated carbocycles. The molecule has 0 spiro atoms. The van der Waals surface area contributed by atoms with Crippen LogP contribution in [0.15, 0.2) is 11.7 Å². The van der Waals surface area contributed by atoms with Gasteiger partial charge in [-0.15, -0.1) is 11.3 Å². The van der Waals surface area contributed by atoms with Crippen LogP contribution in [0.25, 0.3) is 5.82 Å². The van der Waals surface area contributed by atoms with E-state index in [0.717, 1.165) is 31.4 Å². The van der Waals surface area contributed by atoms with Crippen LogP contribution >= 0.6 is 56.5 Å². The van der Waals surface area contributed by atoms with Gasteiger partial charge in [-0.1, -0.05) is 0 Å². The highest BCUT2D eigenvalue weighted by atomic mass is 127. The molecule has 0 N–H and O–H groups in total. The van der Waals surface area contributed by atoms with Crippen LogP contribution in [0, 0.1) is 7.40 Å². The van der Waals surface area contributed by atoms with E-state index in [1.54, 1.807) is 11.3 Å². The standard InChI is InChI=1S/C11H12I2N4S/c12-9-10(13)17(7-14-9)8-6-18-11(15-8)16-4-2-1-3-5-16/h6-7H,1-5H2. The summed E-state index contributed by atoms with van der Waals surface area (Å²) >= 11 is 6.29. The highest BCUT2D eigenvalue weighted by Crippen LogP contribution is 2.27. The fourth-order valence-corrected chi connectivity index (χ4v) is 3.82. The monoisotopic (exact) mass is 486 g/mol. The number of thiazole rings is 1. The van der Waals surface area contributed by atoms with Crippen molar-refractivity contribution in [1.29, 1.82) is 0 Å². The Hall–Kier alpha value is 0.100. The SMILES string of the molecule is Ic1ncn(-c2csc(N3CCCCC3)n2)c1I. The van der Waals surface area contributed by atoms with Gasteiger partial charge in [-0.2, -0.15) is 0 Å². The lowest BCUT2D eigenvalue weighted by molar-refractivity contribution is 0.576. The number of imidazole rings is 1. The second-order valence-corrected chi connectivity index (χ2v) is 7.11. The number of rotatable bonds is 2. The van der Waals surface area contributed by atoms with Gasteiger partial charge in [-0.3, -0.25) is 4.57 Å². The third kappa shape index (κ3) is 2.53. The average molecular weight is 486 g/mol. The van der Waals surface area contributed by atoms with Crippen molar-refractivity contribution in [3.63, 3.8) is 0 Å². The maximum absolute atomic E-state index is 4.74. The molecule has 3 rings (SSSR count). The van der Waals surface area contributed by atoms with E-state index in [1.165, 1.54) is 19.3 Å². The molecule has 0 radical (unpaired) electrons. The Morgan fingerprint density at radius 1 is 1.17 bits per heavy atom. The molecule has 7 heteroatoms. The van der Waals surface area contributed by atoms with E-state index in [0.29, 0.717) is 0 Å². The van der Waals surface area contributed by atoms with Crippen molar-refractivity contribution < 1.29 is 0 Å². The molecular weight excluding hydrogens is 474 g/mol. The van der Waals surface area contributed by atoms with Gasteiger partial charge in [0.1, 0.15) is 13.7 Å². The molecule has 2 aromatic rings. The molecule has 0 atom stereocenters. The van der Waals surface area contributed by atoms with Crippen LogP contribution in [-0.4, -0.2) is 27.6 Å². The second-order valence-electron chi connectivity index (χ2n) is 4.23. The van der Waals surface area contributed by atoms with Crippen LogP contribution in [0.2, 0.25) is 0 Å². The zero-order valence-corrected chi connectivity index (χ0v) is 14.8. The fraction of sp³-hybridized carbons (Fsp3) is 0.455. The molecule has 2 aromatic heterocycles. The highest BCUT2D eigenvalue weighted by molar-refractivity contribution is 14.1. The van der Waals surface area contributed by atoms with Gasteiger partial charge >= 0.3 is 0 Å². The van der Waals surface area contributed by atoms with Gasteiger partial charge in [0.15, 0.2) is 10.9 Å². The molecule has 0 bridgehead atoms. The molecule has 18 heavy (non-hydrogen) atoms. The van der Waals surface area contributed by atoms with Crippen molar-refractivity contribution in [3.05, 3.63) is 19.1 Å². The van der Waals surface area contributed by atoms with E-state index in [1.807, 2.05) is 10.9 Å². The average Bonchev–Trinajstić information content (AvgIpc) is 3.00. The van der Waals surface area contributed by atoms with Gasteiger partial charge in [0, 0.05) is 18.5 Å². The lowest BCUT2D eigenvalue weighted by atomic mass is 10.1. The number of aromatic nitrogens is 3. The summed E-state index contributed by atoms with van der Waals surface area (Å²) in [4.78, 5) is 11.4. The molecule has 4 nitrogen and oxygen atoms in total. The molecule has 0 aliphatic carbocycles. The van der Waals surface area contributed by atoms with Crippen molar-refractivity contribution in [2.75, 3.05) is 18.0 Å². The number of hydrogen-bond acceptors (Lipinski definition) is 4. The van der Waals surface area contributed by atoms with Crippen molar-refractivity contribution in [3.8, 4) is 5.82 Å². The van der Waals surface area contributed by atoms with Gasteiger partial charge in [-0.25, -0.2) is 9.97 Å². The van der Waals surface area contributed by atoms with E-state index in [-0.39, 0.29) is 0 Å². The van der Waals surface area contributed by atoms with Gasteiger partial charge in [0.25, 0.3) is 0 Å². The first-order valence-corrected chi connectivity index (χ1v) is 8.88. The predicted molar refractivity (Wildman–Crippen MR) is 90.7 cm³/mol. The van der Waals surface area contributed by atoms with E-state index in [9.17, 15) is 0 Å². The quantitative estimate of drug-likeness (QED) is 0.610. The molecule has 1 aliphatic rings. The van der Waals surface area contributed by atoms with E-state index < -0.39 is 0 Å². The van der Waals surface area contributed by atoms with Crippen molar-refractivity contribution in [2.45, 2.75) is 19.3 Å². The molecule has 1 saturated heterocycles. The first-order valence-electron chi connectivity index (χ1n) is 5.85. The number of anilines is 1. The Bertz CT molecular complexity index is 545. The molecule has 0 amide bonds. The molecule has 1 fully saturated rings. The van der Waals surface area contributed by atoms with Crippen LogP contribution in [0.3, 0.4) is 0 Å². The second kappa shape index (κ2) is 5.61. The maximum atomic E-state index is 4.74. The lowest BCUT2D eigenvalue weighted by Crippen LogP contribution is -2.29. The number of halogens is 2. The summed E-state index contributed by atoms with van der Waals surface area (Å²) in [5, 5.41) is 3.26. The smallest absolute Gasteiger partial charge is 0.187 e. The Kier molecular flexibility index (Phi) is 4.09. The van der Waals surface area contributed by atoms with E-state index in [2.05, 4.69) is 60.4 Å². The normalized spacial score (nSPS) is 16.2. The summed E-state index contributed by atoms with van der Waals surface area (Å²) in [7, 11) is 0. The Morgan fingerprint density at radius 3 is 2.61 bits per heavy atom. The van der Waals surface area contributed by atoms with Crippen LogP contribution in [0.4, 0.5) is 5.13 Å². The zero-order chi connectivity index (χ0) is 12.5. The van der Waals surface area contributed by atoms with Gasteiger partial charge < -0.3 is 4.90 Å². The summed E-state index contributed by atoms with van der Waals surface area (Å²) < 4.78 is 4.20. The summed E-state index contributed by atoms with van der Waals surface area (Å²) in [5.41, 5.74) is 0. The zero-order valence-electron chi connectivity index (χ0n) is 9.64. The maximum Gasteiger partial charge on any atom is 0.187 e. The molecule has 96 valence electrons. The Morgan fingerprint density at radius 2 is 1.94 bits per heavy atom. The lowest BCUT2D eigenvalue weighted by Gasteiger charge is -2.25. The number of nitrogens with zero attached hydrogens (tertiary/aromatic N) is 4. The largest absolute Gasteiger partial charge is 0.348 e. The van der Waals surface area contributed by atoms with Crippen molar-refractivity contribution >= 4 is 61.7 Å². The van der Waals surface area contributed by atoms with Gasteiger partial charge in [-0.05, 0) is 64.4 Å². The third-order valence-electron chi connectivity index (χ3n) is 3.02. The molecule has 1 aliphatic heterocycles. The Labute approximate surface area is 137 Å². The fourth-order valence-electron chi connectivity index (χ4n) is 2.07. The highest BCUT2D eigenvalue weighted by Gasteiger charge is 2.16. The van der Waals surface area contributed by atoms with Crippen LogP contribution in [0.1, 0.15) is 19.3 Å². The minimum Gasteiger partial charge on any atom is -0.348 e. The first kappa shape index (κ1) is 13.1. The van der Waals surface area contributed by atoms with Crippen LogP contribution in [0.5, 0.6) is 0 Å². The van der Waals surface area contributed by atoms with Crippen molar-refractivity contribution in [1.82, 2.24) is 14.5 Å². The summed E-state index contributed by atoms with van der Waals surface area (Å²) in [6.45, 7) is 2.29. The summed E-state index contributed by atoms with van der Waals surface area (Å²) in [6.07, 6.45) is 5.77. The summed E-state index contributed by atoms with van der Waals surface area (Å²) in [5.74, 6) is 0.986. The molecule has 3 heterocycles. The summed E-state index contributed by atoms with van der Waals surface area (Å²) in [6, 6.07) is 0. The van der Waals surface area contributed by atoms with E-state index >= 15 is 0 Å². The number of piperidine rings is 1. The number of hydrogen-bond donors (Lipinski definition) is 0. The predicted octanol–water partition coefficient (Wildman–Crippen LogP) is 3.53.